The molecule has 0 fully saturated rings. The number of nitrogen functional groups attached to an aromatic ring is 1. The Morgan fingerprint density at radius 2 is 1.71 bits per heavy atom. The Bertz CT molecular complexity index is 582. The summed E-state index contributed by atoms with van der Waals surface area (Å²) in [6.45, 7) is 7.31. The van der Waals surface area contributed by atoms with Crippen LogP contribution in [0.3, 0.4) is 0 Å². The minimum absolute atomic E-state index is 0.245. The van der Waals surface area contributed by atoms with E-state index < -0.39 is 17.5 Å². The quantitative estimate of drug-likeness (QED) is 0.580. The van der Waals surface area contributed by atoms with Gasteiger partial charge >= 0.3 is 11.9 Å². The van der Waals surface area contributed by atoms with Gasteiger partial charge in [0.1, 0.15) is 5.54 Å². The third-order valence-corrected chi connectivity index (χ3v) is 4.24. The number of nitrogens with two attached hydrogens (primary N) is 1. The van der Waals surface area contributed by atoms with E-state index in [1.807, 2.05) is 4.90 Å². The van der Waals surface area contributed by atoms with Gasteiger partial charge in [0.25, 0.3) is 0 Å². The highest BCUT2D eigenvalue weighted by molar-refractivity contribution is 5.97. The monoisotopic (exact) mass is 336 g/mol. The normalized spacial score (nSPS) is 13.4. The summed E-state index contributed by atoms with van der Waals surface area (Å²) in [5, 5.41) is 0. The van der Waals surface area contributed by atoms with Crippen molar-refractivity contribution in [2.75, 3.05) is 33.0 Å². The zero-order chi connectivity index (χ0) is 18.3. The molecule has 1 unspecified atom stereocenters. The molecule has 1 rings (SSSR count). The molecule has 0 saturated heterocycles. The fourth-order valence-electron chi connectivity index (χ4n) is 2.98. The van der Waals surface area contributed by atoms with Gasteiger partial charge < -0.3 is 15.2 Å². The summed E-state index contributed by atoms with van der Waals surface area (Å²) >= 11 is 0. The molecule has 1 atom stereocenters. The fourth-order valence-corrected chi connectivity index (χ4v) is 2.98. The van der Waals surface area contributed by atoms with E-state index in [2.05, 4.69) is 13.8 Å². The molecular weight excluding hydrogens is 308 g/mol. The van der Waals surface area contributed by atoms with E-state index in [4.69, 9.17) is 15.2 Å². The van der Waals surface area contributed by atoms with Crippen LogP contribution in [0.4, 0.5) is 5.69 Å². The molecule has 0 aliphatic rings. The SMILES string of the molecule is CCCN(CCC)C(C)(C(=O)OC)c1cccc(C(=O)OC)c1N. The molecular formula is C18H28N2O4. The van der Waals surface area contributed by atoms with Crippen molar-refractivity contribution >= 4 is 17.6 Å². The lowest BCUT2D eigenvalue weighted by atomic mass is 9.86. The van der Waals surface area contributed by atoms with Crippen molar-refractivity contribution < 1.29 is 19.1 Å². The van der Waals surface area contributed by atoms with Crippen LogP contribution in [0.25, 0.3) is 0 Å². The van der Waals surface area contributed by atoms with E-state index in [1.54, 1.807) is 25.1 Å². The number of methoxy groups -OCH3 is 2. The predicted molar refractivity (Wildman–Crippen MR) is 93.7 cm³/mol. The minimum atomic E-state index is -1.07. The molecule has 0 saturated carbocycles. The number of carbonyl (C=O) groups excluding carboxylic acids is 2. The highest BCUT2D eigenvalue weighted by Gasteiger charge is 2.43. The van der Waals surface area contributed by atoms with Crippen LogP contribution in [0.2, 0.25) is 0 Å². The molecule has 0 aliphatic heterocycles. The van der Waals surface area contributed by atoms with Crippen LogP contribution >= 0.6 is 0 Å². The maximum absolute atomic E-state index is 12.7. The van der Waals surface area contributed by atoms with Crippen LogP contribution in [-0.2, 0) is 19.8 Å². The summed E-state index contributed by atoms with van der Waals surface area (Å²) in [5.41, 5.74) is 6.21. The molecule has 134 valence electrons. The molecule has 24 heavy (non-hydrogen) atoms. The molecule has 0 radical (unpaired) electrons. The predicted octanol–water partition coefficient (Wildman–Crippen LogP) is 2.57. The molecule has 0 bridgehead atoms. The first-order valence-corrected chi connectivity index (χ1v) is 8.19. The highest BCUT2D eigenvalue weighted by Crippen LogP contribution is 2.35. The zero-order valence-electron chi connectivity index (χ0n) is 15.2. The van der Waals surface area contributed by atoms with Crippen LogP contribution in [0.5, 0.6) is 0 Å². The van der Waals surface area contributed by atoms with Gasteiger partial charge in [-0.3, -0.25) is 4.90 Å². The maximum Gasteiger partial charge on any atom is 0.339 e. The highest BCUT2D eigenvalue weighted by atomic mass is 16.5. The van der Waals surface area contributed by atoms with Crippen molar-refractivity contribution in [1.82, 2.24) is 4.90 Å². The largest absolute Gasteiger partial charge is 0.467 e. The van der Waals surface area contributed by atoms with Crippen molar-refractivity contribution in [1.29, 1.82) is 0 Å². The van der Waals surface area contributed by atoms with E-state index in [1.165, 1.54) is 14.2 Å². The van der Waals surface area contributed by atoms with Gasteiger partial charge in [-0.05, 0) is 38.9 Å². The first kappa shape index (κ1) is 20.0. The van der Waals surface area contributed by atoms with Crippen LogP contribution in [-0.4, -0.2) is 44.1 Å². The van der Waals surface area contributed by atoms with Crippen molar-refractivity contribution in [3.8, 4) is 0 Å². The second-order valence-corrected chi connectivity index (χ2v) is 5.81. The van der Waals surface area contributed by atoms with E-state index in [0.717, 1.165) is 12.8 Å². The van der Waals surface area contributed by atoms with Crippen LogP contribution in [0, 0.1) is 0 Å². The van der Waals surface area contributed by atoms with Crippen LogP contribution in [0.15, 0.2) is 18.2 Å². The van der Waals surface area contributed by atoms with Gasteiger partial charge in [-0.25, -0.2) is 9.59 Å². The van der Waals surface area contributed by atoms with Gasteiger partial charge in [-0.1, -0.05) is 26.0 Å². The second-order valence-electron chi connectivity index (χ2n) is 5.81. The standard InChI is InChI=1S/C18H28N2O4/c1-6-11-20(12-7-2)18(3,17(22)24-5)14-10-8-9-13(15(14)19)16(21)23-4/h8-10H,6-7,11-12,19H2,1-5H3. The summed E-state index contributed by atoms with van der Waals surface area (Å²) in [6, 6.07) is 5.05. The second kappa shape index (κ2) is 8.68. The summed E-state index contributed by atoms with van der Waals surface area (Å²) in [4.78, 5) is 26.7. The first-order chi connectivity index (χ1) is 11.4. The molecule has 0 heterocycles. The molecule has 2 N–H and O–H groups in total. The van der Waals surface area contributed by atoms with Gasteiger partial charge in [-0.15, -0.1) is 0 Å². The van der Waals surface area contributed by atoms with E-state index in [-0.39, 0.29) is 11.3 Å². The molecule has 0 aromatic heterocycles. The van der Waals surface area contributed by atoms with E-state index in [0.29, 0.717) is 18.7 Å². The lowest BCUT2D eigenvalue weighted by molar-refractivity contribution is -0.155. The Balaban J connectivity index is 3.56. The molecule has 1 aromatic rings. The first-order valence-electron chi connectivity index (χ1n) is 8.19. The number of esters is 2. The van der Waals surface area contributed by atoms with Gasteiger partial charge in [0.05, 0.1) is 25.5 Å². The molecule has 1 aromatic carbocycles. The van der Waals surface area contributed by atoms with E-state index in [9.17, 15) is 9.59 Å². The number of rotatable bonds is 8. The van der Waals surface area contributed by atoms with E-state index >= 15 is 0 Å². The smallest absolute Gasteiger partial charge is 0.339 e. The van der Waals surface area contributed by atoms with Gasteiger partial charge in [0, 0.05) is 5.56 Å². The van der Waals surface area contributed by atoms with Crippen LogP contribution in [0.1, 0.15) is 49.5 Å². The number of para-hydroxylation sites is 1. The third kappa shape index (κ3) is 3.70. The summed E-state index contributed by atoms with van der Waals surface area (Å²) in [6.07, 6.45) is 1.76. The Morgan fingerprint density at radius 3 is 2.17 bits per heavy atom. The third-order valence-electron chi connectivity index (χ3n) is 4.24. The van der Waals surface area contributed by atoms with Gasteiger partial charge in [0.2, 0.25) is 0 Å². The lowest BCUT2D eigenvalue weighted by Crippen LogP contribution is -2.51. The Hall–Kier alpha value is -2.08. The zero-order valence-corrected chi connectivity index (χ0v) is 15.2. The number of nitrogens with zero attached hydrogens (tertiary/aromatic N) is 1. The number of hydrogen-bond donors (Lipinski definition) is 1. The summed E-state index contributed by atoms with van der Waals surface area (Å²) in [5.74, 6) is -0.933. The molecule has 0 amide bonds. The summed E-state index contributed by atoms with van der Waals surface area (Å²) in [7, 11) is 2.66. The van der Waals surface area contributed by atoms with Crippen molar-refractivity contribution in [3.63, 3.8) is 0 Å². The van der Waals surface area contributed by atoms with Gasteiger partial charge in [0.15, 0.2) is 0 Å². The Morgan fingerprint density at radius 1 is 1.12 bits per heavy atom. The number of benzene rings is 1. The topological polar surface area (TPSA) is 81.9 Å². The lowest BCUT2D eigenvalue weighted by Gasteiger charge is -2.40. The number of anilines is 1. The summed E-state index contributed by atoms with van der Waals surface area (Å²) < 4.78 is 9.85. The number of hydrogen-bond acceptors (Lipinski definition) is 6. The fraction of sp³-hybridized carbons (Fsp3) is 0.556. The average Bonchev–Trinajstić information content (AvgIpc) is 2.59. The van der Waals surface area contributed by atoms with Crippen molar-refractivity contribution in [2.24, 2.45) is 0 Å². The Labute approximate surface area is 143 Å². The molecule has 0 aliphatic carbocycles. The average molecular weight is 336 g/mol. The Kier molecular flexibility index (Phi) is 7.22. The molecule has 6 nitrogen and oxygen atoms in total. The number of carbonyl (C=O) groups is 2. The van der Waals surface area contributed by atoms with Crippen molar-refractivity contribution in [2.45, 2.75) is 39.2 Å². The van der Waals surface area contributed by atoms with Gasteiger partial charge in [-0.2, -0.15) is 0 Å². The number of ether oxygens (including phenoxy) is 2. The maximum atomic E-state index is 12.7. The van der Waals surface area contributed by atoms with Crippen LogP contribution < -0.4 is 5.73 Å². The van der Waals surface area contributed by atoms with Crippen molar-refractivity contribution in [3.05, 3.63) is 29.3 Å². The minimum Gasteiger partial charge on any atom is -0.467 e. The molecule has 0 spiro atoms. The molecule has 6 heteroatoms.